The lowest BCUT2D eigenvalue weighted by Gasteiger charge is -2.38. The number of nitrogens with zero attached hydrogens (tertiary/aromatic N) is 3. The number of piperazine rings is 1. The third kappa shape index (κ3) is 7.98. The number of nitrogens with one attached hydrogen (secondary N) is 3. The van der Waals surface area contributed by atoms with Gasteiger partial charge in [0.1, 0.15) is 24.3 Å². The van der Waals surface area contributed by atoms with E-state index in [1.54, 1.807) is 31.7 Å². The summed E-state index contributed by atoms with van der Waals surface area (Å²) in [4.78, 5) is 82.8. The molecule has 3 aromatic rings. The molecule has 1 aliphatic carbocycles. The molecule has 0 aromatic heterocycles. The van der Waals surface area contributed by atoms with Crippen molar-refractivity contribution in [1.82, 2.24) is 25.8 Å². The van der Waals surface area contributed by atoms with Gasteiger partial charge in [-0.25, -0.2) is 9.59 Å². The lowest BCUT2D eigenvalue weighted by atomic mass is 9.98. The van der Waals surface area contributed by atoms with Crippen LogP contribution in [0.2, 0.25) is 0 Å². The molecule has 14 nitrogen and oxygen atoms in total. The van der Waals surface area contributed by atoms with Gasteiger partial charge in [0.25, 0.3) is 5.91 Å². The summed E-state index contributed by atoms with van der Waals surface area (Å²) in [6.45, 7) is 7.28. The number of benzene rings is 3. The molecule has 0 bridgehead atoms. The van der Waals surface area contributed by atoms with Gasteiger partial charge in [-0.3, -0.25) is 24.5 Å². The van der Waals surface area contributed by atoms with Crippen LogP contribution >= 0.6 is 0 Å². The number of rotatable bonds is 9. The van der Waals surface area contributed by atoms with E-state index < -0.39 is 35.8 Å². The molecule has 2 atom stereocenters. The number of ether oxygens (including phenoxy) is 2. The minimum atomic E-state index is -0.988. The summed E-state index contributed by atoms with van der Waals surface area (Å²) < 4.78 is 11.1. The molecule has 7 rings (SSSR count). The fourth-order valence-electron chi connectivity index (χ4n) is 7.93. The zero-order chi connectivity index (χ0) is 38.9. The van der Waals surface area contributed by atoms with E-state index in [4.69, 9.17) is 9.47 Å². The highest BCUT2D eigenvalue weighted by Gasteiger charge is 2.41. The first kappa shape index (κ1) is 37.4. The fourth-order valence-corrected chi connectivity index (χ4v) is 7.93. The number of fused-ring (bicyclic) bond motifs is 4. The SMILES string of the molecule is CC(C)(C)OC(=O)NCC[C@H](NC(=O)OCC1c2ccccc2-c2ccccc21)C(=O)N1CCN(c2cccc3c2CN(C2CCC(=O)NC2=O)C3=O)CC1. The first-order valence-corrected chi connectivity index (χ1v) is 18.8. The standard InChI is InChI=1S/C41H46N6O8/c1-41(2,3)55-39(52)42-18-17-32(43-40(53)54-24-31-27-11-6-4-9-25(27)26-10-5-7-12-28(26)31)38(51)46-21-19-45(20-22-46)33-14-8-13-29-30(33)23-47(37(29)50)34-15-16-35(48)44-36(34)49/h4-14,31-32,34H,15-24H2,1-3H3,(H,42,52)(H,43,53)(H,44,48,49)/t32-,34?/m0/s1. The molecule has 0 saturated carbocycles. The molecule has 4 aliphatic rings. The number of carbonyl (C=O) groups is 6. The first-order chi connectivity index (χ1) is 26.4. The molecule has 14 heteroatoms. The van der Waals surface area contributed by atoms with E-state index in [2.05, 4.69) is 33.0 Å². The average molecular weight is 751 g/mol. The van der Waals surface area contributed by atoms with E-state index in [-0.39, 0.29) is 62.6 Å². The monoisotopic (exact) mass is 750 g/mol. The van der Waals surface area contributed by atoms with Crippen molar-refractivity contribution < 1.29 is 38.2 Å². The van der Waals surface area contributed by atoms with Crippen molar-refractivity contribution in [1.29, 1.82) is 0 Å². The lowest BCUT2D eigenvalue weighted by molar-refractivity contribution is -0.137. The van der Waals surface area contributed by atoms with Crippen molar-refractivity contribution in [2.75, 3.05) is 44.2 Å². The Bertz CT molecular complexity index is 1970. The van der Waals surface area contributed by atoms with Crippen LogP contribution in [-0.2, 0) is 30.4 Å². The molecule has 6 amide bonds. The molecule has 1 unspecified atom stereocenters. The number of piperidine rings is 1. The van der Waals surface area contributed by atoms with Crippen molar-refractivity contribution in [2.45, 2.75) is 70.2 Å². The Morgan fingerprint density at radius 3 is 2.16 bits per heavy atom. The van der Waals surface area contributed by atoms with Crippen LogP contribution in [0.4, 0.5) is 15.3 Å². The number of alkyl carbamates (subject to hydrolysis) is 2. The second-order valence-corrected chi connectivity index (χ2v) is 15.3. The van der Waals surface area contributed by atoms with Crippen LogP contribution in [0, 0.1) is 0 Å². The maximum absolute atomic E-state index is 14.1. The molecule has 0 radical (unpaired) electrons. The van der Waals surface area contributed by atoms with Gasteiger partial charge in [0, 0.05) is 68.4 Å². The molecular weight excluding hydrogens is 704 g/mol. The van der Waals surface area contributed by atoms with Crippen LogP contribution < -0.4 is 20.9 Å². The van der Waals surface area contributed by atoms with E-state index in [1.807, 2.05) is 48.5 Å². The second-order valence-electron chi connectivity index (χ2n) is 15.3. The molecule has 0 spiro atoms. The van der Waals surface area contributed by atoms with Crippen LogP contribution in [0.25, 0.3) is 11.1 Å². The van der Waals surface area contributed by atoms with E-state index in [1.165, 1.54) is 4.90 Å². The van der Waals surface area contributed by atoms with Gasteiger partial charge in [0.05, 0.1) is 0 Å². The third-order valence-corrected chi connectivity index (χ3v) is 10.5. The van der Waals surface area contributed by atoms with Crippen LogP contribution in [0.5, 0.6) is 0 Å². The van der Waals surface area contributed by atoms with Crippen LogP contribution in [0.1, 0.15) is 73.0 Å². The van der Waals surface area contributed by atoms with E-state index in [9.17, 15) is 28.8 Å². The van der Waals surface area contributed by atoms with Crippen LogP contribution in [0.3, 0.4) is 0 Å². The van der Waals surface area contributed by atoms with Crippen LogP contribution in [-0.4, -0.2) is 103 Å². The number of anilines is 1. The first-order valence-electron chi connectivity index (χ1n) is 18.8. The zero-order valence-electron chi connectivity index (χ0n) is 31.3. The molecule has 55 heavy (non-hydrogen) atoms. The number of hydrogen-bond acceptors (Lipinski definition) is 9. The summed E-state index contributed by atoms with van der Waals surface area (Å²) in [5.74, 6) is -1.51. The Balaban J connectivity index is 0.999. The Kier molecular flexibility index (Phi) is 10.5. The number of carbonyl (C=O) groups excluding carboxylic acids is 6. The van der Waals surface area contributed by atoms with E-state index >= 15 is 0 Å². The smallest absolute Gasteiger partial charge is 0.407 e. The summed E-state index contributed by atoms with van der Waals surface area (Å²) in [6, 6.07) is 19.9. The molecule has 3 aliphatic heterocycles. The summed E-state index contributed by atoms with van der Waals surface area (Å²) in [6.07, 6.45) is -0.806. The number of amides is 6. The lowest BCUT2D eigenvalue weighted by Crippen LogP contribution is -2.56. The maximum Gasteiger partial charge on any atom is 0.407 e. The second kappa shape index (κ2) is 15.4. The Labute approximate surface area is 319 Å². The molecule has 288 valence electrons. The molecule has 3 N–H and O–H groups in total. The van der Waals surface area contributed by atoms with Gasteiger partial charge in [0.15, 0.2) is 0 Å². The normalized spacial score (nSPS) is 18.6. The fraction of sp³-hybridized carbons (Fsp3) is 0.415. The highest BCUT2D eigenvalue weighted by Crippen LogP contribution is 2.44. The van der Waals surface area contributed by atoms with E-state index in [0.29, 0.717) is 31.7 Å². The summed E-state index contributed by atoms with van der Waals surface area (Å²) >= 11 is 0. The quantitative estimate of drug-likeness (QED) is 0.275. The third-order valence-electron chi connectivity index (χ3n) is 10.5. The van der Waals surface area contributed by atoms with Gasteiger partial charge in [-0.15, -0.1) is 0 Å². The molecule has 3 heterocycles. The molecular formula is C41H46N6O8. The zero-order valence-corrected chi connectivity index (χ0v) is 31.3. The molecule has 2 saturated heterocycles. The maximum atomic E-state index is 14.1. The van der Waals surface area contributed by atoms with Gasteiger partial charge in [-0.1, -0.05) is 54.6 Å². The summed E-state index contributed by atoms with van der Waals surface area (Å²) in [5, 5.41) is 7.80. The predicted octanol–water partition coefficient (Wildman–Crippen LogP) is 3.92. The minimum absolute atomic E-state index is 0.0722. The number of imide groups is 1. The van der Waals surface area contributed by atoms with Gasteiger partial charge < -0.3 is 34.8 Å². The van der Waals surface area contributed by atoms with Crippen molar-refractivity contribution in [3.63, 3.8) is 0 Å². The summed E-state index contributed by atoms with van der Waals surface area (Å²) in [5.41, 5.74) is 5.82. The van der Waals surface area contributed by atoms with Gasteiger partial charge >= 0.3 is 12.2 Å². The average Bonchev–Trinajstić information content (AvgIpc) is 3.66. The molecule has 2 fully saturated rings. The van der Waals surface area contributed by atoms with Crippen molar-refractivity contribution in [2.24, 2.45) is 0 Å². The Morgan fingerprint density at radius 2 is 1.51 bits per heavy atom. The van der Waals surface area contributed by atoms with Crippen molar-refractivity contribution in [3.8, 4) is 11.1 Å². The van der Waals surface area contributed by atoms with Crippen molar-refractivity contribution >= 4 is 41.5 Å². The largest absolute Gasteiger partial charge is 0.449 e. The topological polar surface area (TPSA) is 167 Å². The Hall–Kier alpha value is -5.92. The van der Waals surface area contributed by atoms with E-state index in [0.717, 1.165) is 33.5 Å². The summed E-state index contributed by atoms with van der Waals surface area (Å²) in [7, 11) is 0. The Morgan fingerprint density at radius 1 is 0.855 bits per heavy atom. The predicted molar refractivity (Wildman–Crippen MR) is 202 cm³/mol. The molecule has 3 aromatic carbocycles. The highest BCUT2D eigenvalue weighted by molar-refractivity contribution is 6.06. The van der Waals surface area contributed by atoms with Gasteiger partial charge in [-0.2, -0.15) is 0 Å². The van der Waals surface area contributed by atoms with Crippen molar-refractivity contribution in [3.05, 3.63) is 89.0 Å². The minimum Gasteiger partial charge on any atom is -0.449 e. The van der Waals surface area contributed by atoms with Crippen LogP contribution in [0.15, 0.2) is 66.7 Å². The van der Waals surface area contributed by atoms with Gasteiger partial charge in [-0.05, 0) is 68.0 Å². The van der Waals surface area contributed by atoms with Gasteiger partial charge in [0.2, 0.25) is 17.7 Å². The number of hydrogen-bond donors (Lipinski definition) is 3. The highest BCUT2D eigenvalue weighted by atomic mass is 16.6.